The van der Waals surface area contributed by atoms with E-state index in [4.69, 9.17) is 22.1 Å². The van der Waals surface area contributed by atoms with Gasteiger partial charge >= 0.3 is 0 Å². The molecule has 96 valence electrons. The molecular formula is C11H16ClNO3S. The number of rotatable bonds is 6. The van der Waals surface area contributed by atoms with E-state index in [-0.39, 0.29) is 11.5 Å². The van der Waals surface area contributed by atoms with E-state index < -0.39 is 9.84 Å². The van der Waals surface area contributed by atoms with Crippen LogP contribution in [0.4, 0.5) is 5.69 Å². The molecule has 0 saturated heterocycles. The number of hydrogen-bond acceptors (Lipinski definition) is 4. The number of benzene rings is 1. The van der Waals surface area contributed by atoms with Crippen LogP contribution >= 0.6 is 11.6 Å². The first-order chi connectivity index (χ1) is 7.94. The molecule has 0 aromatic heterocycles. The van der Waals surface area contributed by atoms with E-state index >= 15 is 0 Å². The number of nitrogen functional groups attached to an aromatic ring is 1. The lowest BCUT2D eigenvalue weighted by molar-refractivity contribution is 0.199. The Morgan fingerprint density at radius 3 is 2.76 bits per heavy atom. The molecule has 2 N–H and O–H groups in total. The molecule has 0 bridgehead atoms. The molecule has 1 aromatic rings. The zero-order chi connectivity index (χ0) is 12.9. The first-order valence-corrected chi connectivity index (χ1v) is 7.38. The van der Waals surface area contributed by atoms with Gasteiger partial charge in [-0.1, -0.05) is 11.6 Å². The maximum absolute atomic E-state index is 11.8. The number of ether oxygens (including phenoxy) is 1. The molecule has 0 spiro atoms. The van der Waals surface area contributed by atoms with Crippen molar-refractivity contribution >= 4 is 27.1 Å². The second kappa shape index (κ2) is 6.23. The zero-order valence-corrected chi connectivity index (χ0v) is 11.2. The molecule has 0 aliphatic heterocycles. The molecule has 0 aliphatic rings. The minimum atomic E-state index is -3.16. The van der Waals surface area contributed by atoms with Crippen molar-refractivity contribution in [2.75, 3.05) is 25.2 Å². The highest BCUT2D eigenvalue weighted by Crippen LogP contribution is 2.20. The summed E-state index contributed by atoms with van der Waals surface area (Å²) >= 11 is 5.80. The highest BCUT2D eigenvalue weighted by atomic mass is 35.5. The van der Waals surface area contributed by atoms with Crippen LogP contribution in [0.15, 0.2) is 18.2 Å². The molecule has 1 aromatic carbocycles. The number of anilines is 1. The van der Waals surface area contributed by atoms with Crippen molar-refractivity contribution < 1.29 is 13.2 Å². The smallest absolute Gasteiger partial charge is 0.154 e. The van der Waals surface area contributed by atoms with Crippen LogP contribution < -0.4 is 5.73 Å². The summed E-state index contributed by atoms with van der Waals surface area (Å²) in [6, 6.07) is 4.84. The molecule has 0 unspecified atom stereocenters. The minimum Gasteiger partial charge on any atom is -0.398 e. The summed E-state index contributed by atoms with van der Waals surface area (Å²) in [6.07, 6.45) is 0.485. The van der Waals surface area contributed by atoms with Gasteiger partial charge < -0.3 is 10.5 Å². The van der Waals surface area contributed by atoms with Gasteiger partial charge in [-0.3, -0.25) is 0 Å². The van der Waals surface area contributed by atoms with Gasteiger partial charge in [0.15, 0.2) is 9.84 Å². The summed E-state index contributed by atoms with van der Waals surface area (Å²) in [4.78, 5) is 0. The summed E-state index contributed by atoms with van der Waals surface area (Å²) in [5.74, 6) is 0.00982. The predicted octanol–water partition coefficient (Wildman–Crippen LogP) is 1.87. The quantitative estimate of drug-likeness (QED) is 0.637. The van der Waals surface area contributed by atoms with Gasteiger partial charge in [0, 0.05) is 24.4 Å². The molecule has 0 atom stereocenters. The summed E-state index contributed by atoms with van der Waals surface area (Å²) in [5, 5.41) is 0.487. The highest BCUT2D eigenvalue weighted by molar-refractivity contribution is 7.90. The van der Waals surface area contributed by atoms with Crippen LogP contribution in [0.3, 0.4) is 0 Å². The second-order valence-electron chi connectivity index (χ2n) is 3.78. The van der Waals surface area contributed by atoms with E-state index in [1.165, 1.54) is 0 Å². The van der Waals surface area contributed by atoms with Gasteiger partial charge in [-0.25, -0.2) is 8.42 Å². The van der Waals surface area contributed by atoms with E-state index in [1.807, 2.05) is 0 Å². The first-order valence-electron chi connectivity index (χ1n) is 5.18. The number of methoxy groups -OCH3 is 1. The van der Waals surface area contributed by atoms with Gasteiger partial charge in [0.1, 0.15) is 0 Å². The van der Waals surface area contributed by atoms with Crippen molar-refractivity contribution in [1.29, 1.82) is 0 Å². The maximum Gasteiger partial charge on any atom is 0.154 e. The molecule has 17 heavy (non-hydrogen) atoms. The fourth-order valence-corrected chi connectivity index (χ4v) is 3.05. The average molecular weight is 278 g/mol. The Morgan fingerprint density at radius 2 is 2.12 bits per heavy atom. The third-order valence-corrected chi connectivity index (χ3v) is 4.18. The standard InChI is InChI=1S/C11H16ClNO3S/c1-16-5-2-6-17(14,15)8-9-7-10(12)3-4-11(9)13/h3-4,7H,2,5-6,8,13H2,1H3. The Balaban J connectivity index is 2.72. The van der Waals surface area contributed by atoms with Gasteiger partial charge in [-0.15, -0.1) is 0 Å². The van der Waals surface area contributed by atoms with E-state index in [1.54, 1.807) is 25.3 Å². The largest absolute Gasteiger partial charge is 0.398 e. The molecule has 0 fully saturated rings. The molecule has 6 heteroatoms. The normalized spacial score (nSPS) is 11.6. The second-order valence-corrected chi connectivity index (χ2v) is 6.40. The Hall–Kier alpha value is -0.780. The molecule has 0 radical (unpaired) electrons. The number of nitrogens with two attached hydrogens (primary N) is 1. The van der Waals surface area contributed by atoms with Crippen LogP contribution in [-0.2, 0) is 20.3 Å². The van der Waals surface area contributed by atoms with Crippen LogP contribution in [0.2, 0.25) is 5.02 Å². The average Bonchev–Trinajstić information content (AvgIpc) is 2.23. The monoisotopic (exact) mass is 277 g/mol. The fraction of sp³-hybridized carbons (Fsp3) is 0.455. The third-order valence-electron chi connectivity index (χ3n) is 2.28. The topological polar surface area (TPSA) is 69.4 Å². The van der Waals surface area contributed by atoms with E-state index in [9.17, 15) is 8.42 Å². The lowest BCUT2D eigenvalue weighted by atomic mass is 10.2. The molecular weight excluding hydrogens is 262 g/mol. The Kier molecular flexibility index (Phi) is 5.24. The summed E-state index contributed by atoms with van der Waals surface area (Å²) in [5.41, 5.74) is 6.70. The zero-order valence-electron chi connectivity index (χ0n) is 9.65. The molecule has 0 aliphatic carbocycles. The first kappa shape index (κ1) is 14.3. The van der Waals surface area contributed by atoms with Crippen LogP contribution in [0.25, 0.3) is 0 Å². The van der Waals surface area contributed by atoms with Crippen molar-refractivity contribution in [1.82, 2.24) is 0 Å². The fourth-order valence-electron chi connectivity index (χ4n) is 1.43. The van der Waals surface area contributed by atoms with E-state index in [0.717, 1.165) is 0 Å². The third kappa shape index (κ3) is 4.93. The van der Waals surface area contributed by atoms with Crippen LogP contribution in [0.1, 0.15) is 12.0 Å². The van der Waals surface area contributed by atoms with Gasteiger partial charge in [0.05, 0.1) is 11.5 Å². The predicted molar refractivity (Wildman–Crippen MR) is 69.8 cm³/mol. The Morgan fingerprint density at radius 1 is 1.41 bits per heavy atom. The van der Waals surface area contributed by atoms with E-state index in [0.29, 0.717) is 29.3 Å². The highest BCUT2D eigenvalue weighted by Gasteiger charge is 2.13. The molecule has 1 rings (SSSR count). The molecule has 0 saturated carbocycles. The Bertz CT molecular complexity index is 474. The van der Waals surface area contributed by atoms with Crippen molar-refractivity contribution in [2.45, 2.75) is 12.2 Å². The van der Waals surface area contributed by atoms with Gasteiger partial charge in [-0.05, 0) is 30.2 Å². The number of halogens is 1. The van der Waals surface area contributed by atoms with Crippen LogP contribution in [-0.4, -0.2) is 27.9 Å². The van der Waals surface area contributed by atoms with Crippen molar-refractivity contribution in [2.24, 2.45) is 0 Å². The van der Waals surface area contributed by atoms with Gasteiger partial charge in [0.25, 0.3) is 0 Å². The van der Waals surface area contributed by atoms with Crippen LogP contribution in [0, 0.1) is 0 Å². The maximum atomic E-state index is 11.8. The molecule has 0 amide bonds. The number of sulfone groups is 1. The van der Waals surface area contributed by atoms with Gasteiger partial charge in [-0.2, -0.15) is 0 Å². The van der Waals surface area contributed by atoms with Crippen molar-refractivity contribution in [3.63, 3.8) is 0 Å². The molecule has 0 heterocycles. The van der Waals surface area contributed by atoms with Crippen molar-refractivity contribution in [3.8, 4) is 0 Å². The lowest BCUT2D eigenvalue weighted by Crippen LogP contribution is -2.12. The molecule has 4 nitrogen and oxygen atoms in total. The van der Waals surface area contributed by atoms with Crippen LogP contribution in [0.5, 0.6) is 0 Å². The summed E-state index contributed by atoms with van der Waals surface area (Å²) < 4.78 is 28.4. The lowest BCUT2D eigenvalue weighted by Gasteiger charge is -2.07. The SMILES string of the molecule is COCCCS(=O)(=O)Cc1cc(Cl)ccc1N. The minimum absolute atomic E-state index is 0.0803. The van der Waals surface area contributed by atoms with Gasteiger partial charge in [0.2, 0.25) is 0 Å². The Labute approximate surface area is 107 Å². The summed E-state index contributed by atoms with van der Waals surface area (Å²) in [6.45, 7) is 0.435. The summed E-state index contributed by atoms with van der Waals surface area (Å²) in [7, 11) is -1.62. The van der Waals surface area contributed by atoms with E-state index in [2.05, 4.69) is 0 Å². The number of hydrogen-bond donors (Lipinski definition) is 1. The van der Waals surface area contributed by atoms with Crippen molar-refractivity contribution in [3.05, 3.63) is 28.8 Å².